The van der Waals surface area contributed by atoms with Crippen LogP contribution < -0.4 is 10.1 Å². The van der Waals surface area contributed by atoms with Gasteiger partial charge in [-0.3, -0.25) is 19.2 Å². The number of aliphatic carboxylic acids is 1. The van der Waals surface area contributed by atoms with E-state index in [1.807, 2.05) is 0 Å². The lowest BCUT2D eigenvalue weighted by molar-refractivity contribution is -0.274. The number of hydrogen-bond acceptors (Lipinski definition) is 5. The summed E-state index contributed by atoms with van der Waals surface area (Å²) in [7, 11) is 0. The molecule has 0 heterocycles. The fourth-order valence-corrected chi connectivity index (χ4v) is 3.98. The lowest BCUT2D eigenvalue weighted by Gasteiger charge is -2.17. The molecule has 0 fully saturated rings. The molecule has 0 saturated heterocycles. The largest absolute Gasteiger partial charge is 0.573 e. The number of hydrogen-bond donors (Lipinski definition) is 2. The minimum absolute atomic E-state index is 0.0164. The zero-order chi connectivity index (χ0) is 31.1. The molecule has 222 valence electrons. The molecule has 7 nitrogen and oxygen atoms in total. The Morgan fingerprint density at radius 1 is 0.762 bits per heavy atom. The fourth-order valence-electron chi connectivity index (χ4n) is 3.98. The van der Waals surface area contributed by atoms with Crippen LogP contribution in [0.15, 0.2) is 72.8 Å². The van der Waals surface area contributed by atoms with Crippen molar-refractivity contribution in [2.75, 3.05) is 6.54 Å². The molecule has 0 aliphatic heterocycles. The minimum atomic E-state index is -4.93. The first kappa shape index (κ1) is 31.8. The van der Waals surface area contributed by atoms with Gasteiger partial charge in [0.1, 0.15) is 5.75 Å². The van der Waals surface area contributed by atoms with Gasteiger partial charge < -0.3 is 15.2 Å². The van der Waals surface area contributed by atoms with Crippen LogP contribution in [0.4, 0.5) is 26.3 Å². The van der Waals surface area contributed by atoms with Crippen molar-refractivity contribution in [1.29, 1.82) is 0 Å². The number of alkyl halides is 6. The molecular formula is C29H23F6NO6. The van der Waals surface area contributed by atoms with Crippen molar-refractivity contribution < 1.29 is 55.4 Å². The summed E-state index contributed by atoms with van der Waals surface area (Å²) in [5, 5.41) is 11.1. The van der Waals surface area contributed by atoms with Gasteiger partial charge in [-0.25, -0.2) is 0 Å². The summed E-state index contributed by atoms with van der Waals surface area (Å²) in [5.74, 6) is -4.63. The van der Waals surface area contributed by atoms with E-state index in [-0.39, 0.29) is 40.8 Å². The van der Waals surface area contributed by atoms with E-state index in [4.69, 9.17) is 5.11 Å². The van der Waals surface area contributed by atoms with E-state index < -0.39 is 60.5 Å². The van der Waals surface area contributed by atoms with E-state index >= 15 is 0 Å². The van der Waals surface area contributed by atoms with Gasteiger partial charge >= 0.3 is 18.5 Å². The fraction of sp³-hybridized carbons (Fsp3) is 0.241. The number of carbonyl (C=O) groups excluding carboxylic acids is 3. The highest BCUT2D eigenvalue weighted by molar-refractivity contribution is 6.06. The predicted molar refractivity (Wildman–Crippen MR) is 136 cm³/mol. The molecule has 3 rings (SSSR count). The van der Waals surface area contributed by atoms with Gasteiger partial charge in [-0.05, 0) is 47.5 Å². The number of carboxylic acid groups (broad SMARTS) is 1. The van der Waals surface area contributed by atoms with E-state index in [0.717, 1.165) is 36.4 Å². The van der Waals surface area contributed by atoms with E-state index in [1.165, 1.54) is 36.4 Å². The summed E-state index contributed by atoms with van der Waals surface area (Å²) in [6.07, 6.45) is -11.3. The summed E-state index contributed by atoms with van der Waals surface area (Å²) in [5.41, 5.74) is 0.344. The Morgan fingerprint density at radius 3 is 1.83 bits per heavy atom. The molecule has 0 saturated carbocycles. The Labute approximate surface area is 235 Å². The summed E-state index contributed by atoms with van der Waals surface area (Å²) in [4.78, 5) is 49.5. The molecule has 0 spiro atoms. The van der Waals surface area contributed by atoms with Gasteiger partial charge in [0.2, 0.25) is 0 Å². The van der Waals surface area contributed by atoms with Gasteiger partial charge in [-0.1, -0.05) is 36.4 Å². The molecule has 0 aliphatic rings. The number of rotatable bonds is 12. The van der Waals surface area contributed by atoms with E-state index in [1.54, 1.807) is 0 Å². The molecule has 13 heteroatoms. The first-order valence-electron chi connectivity index (χ1n) is 12.3. The van der Waals surface area contributed by atoms with Crippen LogP contribution in [0, 0.1) is 0 Å². The van der Waals surface area contributed by atoms with Crippen LogP contribution in [0.2, 0.25) is 0 Å². The summed E-state index contributed by atoms with van der Waals surface area (Å²) in [6, 6.07) is 14.3. The van der Waals surface area contributed by atoms with Crippen LogP contribution in [0.25, 0.3) is 0 Å². The Kier molecular flexibility index (Phi) is 10.1. The zero-order valence-electron chi connectivity index (χ0n) is 21.6. The van der Waals surface area contributed by atoms with Crippen LogP contribution in [-0.2, 0) is 11.2 Å². The van der Waals surface area contributed by atoms with Crippen molar-refractivity contribution in [2.24, 2.45) is 0 Å². The first-order valence-corrected chi connectivity index (χ1v) is 12.3. The quantitative estimate of drug-likeness (QED) is 0.193. The third-order valence-electron chi connectivity index (χ3n) is 5.96. The molecule has 0 radical (unpaired) electrons. The SMILES string of the molecule is O=C(O)CCNC(=O)c1ccc(C(CC(=O)c2ccc(OC(F)(F)F)cc2)C(=O)c2ccc(CC(F)(F)F)cc2)cc1. The van der Waals surface area contributed by atoms with Gasteiger partial charge in [0.25, 0.3) is 5.91 Å². The lowest BCUT2D eigenvalue weighted by atomic mass is 9.85. The second-order valence-corrected chi connectivity index (χ2v) is 9.13. The monoisotopic (exact) mass is 595 g/mol. The van der Waals surface area contributed by atoms with E-state index in [9.17, 15) is 45.5 Å². The second kappa shape index (κ2) is 13.3. The summed E-state index contributed by atoms with van der Waals surface area (Å²) < 4.78 is 79.4. The van der Waals surface area contributed by atoms with Gasteiger partial charge in [0, 0.05) is 29.7 Å². The van der Waals surface area contributed by atoms with Crippen molar-refractivity contribution in [3.8, 4) is 5.75 Å². The third-order valence-corrected chi connectivity index (χ3v) is 5.96. The number of carboxylic acids is 1. The topological polar surface area (TPSA) is 110 Å². The molecule has 0 bridgehead atoms. The van der Waals surface area contributed by atoms with Crippen molar-refractivity contribution in [1.82, 2.24) is 5.32 Å². The van der Waals surface area contributed by atoms with Gasteiger partial charge in [-0.2, -0.15) is 13.2 Å². The highest BCUT2D eigenvalue weighted by atomic mass is 19.4. The van der Waals surface area contributed by atoms with Crippen molar-refractivity contribution in [3.63, 3.8) is 0 Å². The van der Waals surface area contributed by atoms with Gasteiger partial charge in [0.05, 0.1) is 18.8 Å². The molecular weight excluding hydrogens is 572 g/mol. The second-order valence-electron chi connectivity index (χ2n) is 9.13. The lowest BCUT2D eigenvalue weighted by Crippen LogP contribution is -2.26. The molecule has 3 aromatic rings. The Bertz CT molecular complexity index is 1420. The third kappa shape index (κ3) is 9.75. The van der Waals surface area contributed by atoms with Gasteiger partial charge in [-0.15, -0.1) is 13.2 Å². The number of carbonyl (C=O) groups is 4. The van der Waals surface area contributed by atoms with E-state index in [2.05, 4.69) is 10.1 Å². The maximum atomic E-state index is 13.5. The number of amides is 1. The van der Waals surface area contributed by atoms with Crippen LogP contribution >= 0.6 is 0 Å². The normalized spacial score (nSPS) is 12.3. The standard InChI is InChI=1S/C29H23F6NO6/c30-28(31,32)16-17-1-3-20(4-2-17)26(40)23(15-24(37)19-9-11-22(12-10-19)42-29(33,34)35)18-5-7-21(8-6-18)27(41)36-14-13-25(38)39/h1-12,23H,13-16H2,(H,36,41)(H,38,39). The maximum Gasteiger partial charge on any atom is 0.573 e. The zero-order valence-corrected chi connectivity index (χ0v) is 21.6. The number of ether oxygens (including phenoxy) is 1. The van der Waals surface area contributed by atoms with Crippen LogP contribution in [0.1, 0.15) is 61.0 Å². The smallest absolute Gasteiger partial charge is 0.481 e. The Morgan fingerprint density at radius 2 is 1.31 bits per heavy atom. The first-order chi connectivity index (χ1) is 19.6. The summed E-state index contributed by atoms with van der Waals surface area (Å²) >= 11 is 0. The molecule has 1 unspecified atom stereocenters. The highest BCUT2D eigenvalue weighted by Crippen LogP contribution is 2.29. The number of Topliss-reactive ketones (excluding diaryl/α,β-unsaturated/α-hetero) is 2. The Hall–Kier alpha value is -4.68. The van der Waals surface area contributed by atoms with E-state index in [0.29, 0.717) is 0 Å². The molecule has 3 aromatic carbocycles. The number of nitrogens with one attached hydrogen (secondary N) is 1. The number of ketones is 2. The van der Waals surface area contributed by atoms with Crippen molar-refractivity contribution >= 4 is 23.4 Å². The molecule has 42 heavy (non-hydrogen) atoms. The average molecular weight is 595 g/mol. The molecule has 2 N–H and O–H groups in total. The number of benzene rings is 3. The predicted octanol–water partition coefficient (Wildman–Crippen LogP) is 6.13. The molecule has 0 aliphatic carbocycles. The summed E-state index contributed by atoms with van der Waals surface area (Å²) in [6.45, 7) is -0.122. The average Bonchev–Trinajstić information content (AvgIpc) is 2.90. The molecule has 1 amide bonds. The number of halogens is 6. The van der Waals surface area contributed by atoms with Crippen molar-refractivity contribution in [2.45, 2.75) is 37.7 Å². The minimum Gasteiger partial charge on any atom is -0.481 e. The molecule has 1 atom stereocenters. The van der Waals surface area contributed by atoms with Gasteiger partial charge in [0.15, 0.2) is 11.6 Å². The van der Waals surface area contributed by atoms with Crippen LogP contribution in [0.5, 0.6) is 5.75 Å². The van der Waals surface area contributed by atoms with Crippen LogP contribution in [0.3, 0.4) is 0 Å². The highest BCUT2D eigenvalue weighted by Gasteiger charge is 2.32. The molecule has 0 aromatic heterocycles. The van der Waals surface area contributed by atoms with Crippen molar-refractivity contribution in [3.05, 3.63) is 101 Å². The Balaban J connectivity index is 1.86. The maximum absolute atomic E-state index is 13.5. The van der Waals surface area contributed by atoms with Crippen LogP contribution in [-0.4, -0.2) is 47.6 Å².